The van der Waals surface area contributed by atoms with Crippen molar-refractivity contribution in [1.29, 1.82) is 0 Å². The highest BCUT2D eigenvalue weighted by molar-refractivity contribution is 5.91. The fourth-order valence-corrected chi connectivity index (χ4v) is 2.62. The number of ether oxygens (including phenoxy) is 1. The van der Waals surface area contributed by atoms with Crippen molar-refractivity contribution in [2.75, 3.05) is 6.61 Å². The maximum atomic E-state index is 5.85. The van der Waals surface area contributed by atoms with E-state index < -0.39 is 0 Å². The highest BCUT2D eigenvalue weighted by Gasteiger charge is 2.22. The Labute approximate surface area is 129 Å². The van der Waals surface area contributed by atoms with E-state index in [2.05, 4.69) is 34.0 Å². The molecule has 0 saturated heterocycles. The maximum absolute atomic E-state index is 5.85. The standard InChI is InChI=1S/C18H17N3O/c1-12-8-14(22-11-13-2-3-13)4-5-15(12)16-9-19-10-17-18(16)21-7-6-20-17/h4-10,13H,2-3,11H2,1H3. The Morgan fingerprint density at radius 3 is 2.77 bits per heavy atom. The number of benzene rings is 1. The molecule has 0 N–H and O–H groups in total. The number of fused-ring (bicyclic) bond motifs is 1. The maximum Gasteiger partial charge on any atom is 0.119 e. The monoisotopic (exact) mass is 291 g/mol. The quantitative estimate of drug-likeness (QED) is 0.733. The van der Waals surface area contributed by atoms with Gasteiger partial charge in [0.15, 0.2) is 0 Å². The molecule has 0 radical (unpaired) electrons. The van der Waals surface area contributed by atoms with E-state index in [0.29, 0.717) is 0 Å². The van der Waals surface area contributed by atoms with Gasteiger partial charge in [-0.25, -0.2) is 0 Å². The van der Waals surface area contributed by atoms with Crippen molar-refractivity contribution >= 4 is 11.0 Å². The summed E-state index contributed by atoms with van der Waals surface area (Å²) in [5.74, 6) is 1.70. The zero-order valence-electron chi connectivity index (χ0n) is 12.5. The van der Waals surface area contributed by atoms with Crippen molar-refractivity contribution in [2.45, 2.75) is 19.8 Å². The van der Waals surface area contributed by atoms with Crippen molar-refractivity contribution in [3.8, 4) is 16.9 Å². The normalized spacial score (nSPS) is 14.2. The topological polar surface area (TPSA) is 47.9 Å². The first-order valence-electron chi connectivity index (χ1n) is 7.60. The molecule has 3 aromatic rings. The van der Waals surface area contributed by atoms with E-state index in [9.17, 15) is 0 Å². The molecule has 0 atom stereocenters. The summed E-state index contributed by atoms with van der Waals surface area (Å²) in [5.41, 5.74) is 4.99. The van der Waals surface area contributed by atoms with Crippen LogP contribution in [-0.4, -0.2) is 21.6 Å². The van der Waals surface area contributed by atoms with Gasteiger partial charge in [0.25, 0.3) is 0 Å². The van der Waals surface area contributed by atoms with Crippen LogP contribution < -0.4 is 4.74 Å². The summed E-state index contributed by atoms with van der Waals surface area (Å²) >= 11 is 0. The molecule has 1 aliphatic rings. The summed E-state index contributed by atoms with van der Waals surface area (Å²) in [4.78, 5) is 13.1. The minimum atomic E-state index is 0.762. The third kappa shape index (κ3) is 2.52. The minimum absolute atomic E-state index is 0.762. The molecule has 4 rings (SSSR count). The van der Waals surface area contributed by atoms with Crippen LogP contribution in [-0.2, 0) is 0 Å². The number of pyridine rings is 1. The second-order valence-corrected chi connectivity index (χ2v) is 5.84. The van der Waals surface area contributed by atoms with Crippen molar-refractivity contribution in [2.24, 2.45) is 5.92 Å². The zero-order chi connectivity index (χ0) is 14.9. The Morgan fingerprint density at radius 1 is 1.09 bits per heavy atom. The van der Waals surface area contributed by atoms with Crippen LogP contribution >= 0.6 is 0 Å². The van der Waals surface area contributed by atoms with Crippen LogP contribution in [0.15, 0.2) is 43.0 Å². The lowest BCUT2D eigenvalue weighted by Crippen LogP contribution is -1.99. The van der Waals surface area contributed by atoms with Crippen molar-refractivity contribution in [1.82, 2.24) is 15.0 Å². The molecule has 0 spiro atoms. The Morgan fingerprint density at radius 2 is 1.95 bits per heavy atom. The van der Waals surface area contributed by atoms with Gasteiger partial charge in [-0.2, -0.15) is 0 Å². The summed E-state index contributed by atoms with van der Waals surface area (Å²) in [5, 5.41) is 0. The molecule has 0 bridgehead atoms. The van der Waals surface area contributed by atoms with Crippen molar-refractivity contribution in [3.63, 3.8) is 0 Å². The lowest BCUT2D eigenvalue weighted by molar-refractivity contribution is 0.299. The molecular formula is C18H17N3O. The van der Waals surface area contributed by atoms with Gasteiger partial charge in [0, 0.05) is 24.2 Å². The summed E-state index contributed by atoms with van der Waals surface area (Å²) in [6, 6.07) is 6.20. The van der Waals surface area contributed by atoms with Crippen molar-refractivity contribution < 1.29 is 4.74 Å². The molecule has 4 heteroatoms. The highest BCUT2D eigenvalue weighted by atomic mass is 16.5. The average Bonchev–Trinajstić information content (AvgIpc) is 3.37. The molecule has 1 aliphatic carbocycles. The Balaban J connectivity index is 1.71. The van der Waals surface area contributed by atoms with Gasteiger partial charge in [-0.05, 0) is 48.9 Å². The molecule has 1 saturated carbocycles. The van der Waals surface area contributed by atoms with Gasteiger partial charge in [-0.15, -0.1) is 0 Å². The summed E-state index contributed by atoms with van der Waals surface area (Å²) in [6.07, 6.45) is 9.61. The third-order valence-corrected chi connectivity index (χ3v) is 4.05. The van der Waals surface area contributed by atoms with Crippen molar-refractivity contribution in [3.05, 3.63) is 48.5 Å². The first kappa shape index (κ1) is 13.2. The van der Waals surface area contributed by atoms with E-state index in [0.717, 1.165) is 46.0 Å². The van der Waals surface area contributed by atoms with Gasteiger partial charge in [0.05, 0.1) is 18.3 Å². The van der Waals surface area contributed by atoms with E-state index in [-0.39, 0.29) is 0 Å². The second kappa shape index (κ2) is 5.37. The Bertz CT molecular complexity index is 822. The van der Waals surface area contributed by atoms with Gasteiger partial charge in [0.2, 0.25) is 0 Å². The molecule has 0 unspecified atom stereocenters. The summed E-state index contributed by atoms with van der Waals surface area (Å²) in [6.45, 7) is 2.93. The minimum Gasteiger partial charge on any atom is -0.493 e. The van der Waals surface area contributed by atoms with Gasteiger partial charge in [0.1, 0.15) is 11.3 Å². The van der Waals surface area contributed by atoms with Gasteiger partial charge in [-0.1, -0.05) is 6.07 Å². The van der Waals surface area contributed by atoms with Crippen LogP contribution in [0.4, 0.5) is 0 Å². The predicted octanol–water partition coefficient (Wildman–Crippen LogP) is 3.79. The van der Waals surface area contributed by atoms with Gasteiger partial charge < -0.3 is 4.74 Å². The number of aryl methyl sites for hydroxylation is 1. The van der Waals surface area contributed by atoms with E-state index >= 15 is 0 Å². The molecule has 0 amide bonds. The van der Waals surface area contributed by atoms with E-state index in [1.54, 1.807) is 18.6 Å². The third-order valence-electron chi connectivity index (χ3n) is 4.05. The molecule has 110 valence electrons. The van der Waals surface area contributed by atoms with Crippen LogP contribution in [0.2, 0.25) is 0 Å². The molecular weight excluding hydrogens is 274 g/mol. The zero-order valence-corrected chi connectivity index (χ0v) is 12.5. The van der Waals surface area contributed by atoms with Crippen LogP contribution in [0.5, 0.6) is 5.75 Å². The lowest BCUT2D eigenvalue weighted by atomic mass is 10.0. The Kier molecular flexibility index (Phi) is 3.22. The molecule has 4 nitrogen and oxygen atoms in total. The van der Waals surface area contributed by atoms with Crippen LogP contribution in [0.3, 0.4) is 0 Å². The number of hydrogen-bond acceptors (Lipinski definition) is 4. The first-order valence-corrected chi connectivity index (χ1v) is 7.60. The highest BCUT2D eigenvalue weighted by Crippen LogP contribution is 2.32. The summed E-state index contributed by atoms with van der Waals surface area (Å²) < 4.78 is 5.85. The smallest absolute Gasteiger partial charge is 0.119 e. The number of aromatic nitrogens is 3. The largest absolute Gasteiger partial charge is 0.493 e. The van der Waals surface area contributed by atoms with Crippen LogP contribution in [0, 0.1) is 12.8 Å². The fraction of sp³-hybridized carbons (Fsp3) is 0.278. The molecule has 1 aromatic carbocycles. The van der Waals surface area contributed by atoms with E-state index in [4.69, 9.17) is 4.74 Å². The number of hydrogen-bond donors (Lipinski definition) is 0. The molecule has 1 fully saturated rings. The Hall–Kier alpha value is -2.49. The second-order valence-electron chi connectivity index (χ2n) is 5.84. The number of rotatable bonds is 4. The molecule has 2 heterocycles. The fourth-order valence-electron chi connectivity index (χ4n) is 2.62. The predicted molar refractivity (Wildman–Crippen MR) is 85.7 cm³/mol. The molecule has 0 aliphatic heterocycles. The van der Waals surface area contributed by atoms with Gasteiger partial charge >= 0.3 is 0 Å². The first-order chi connectivity index (χ1) is 10.8. The van der Waals surface area contributed by atoms with Crippen LogP contribution in [0.1, 0.15) is 18.4 Å². The average molecular weight is 291 g/mol. The molecule has 2 aromatic heterocycles. The van der Waals surface area contributed by atoms with Crippen LogP contribution in [0.25, 0.3) is 22.2 Å². The van der Waals surface area contributed by atoms with E-state index in [1.165, 1.54) is 12.8 Å². The molecule has 22 heavy (non-hydrogen) atoms. The SMILES string of the molecule is Cc1cc(OCC2CC2)ccc1-c1cncc2nccnc12. The number of nitrogens with zero attached hydrogens (tertiary/aromatic N) is 3. The van der Waals surface area contributed by atoms with E-state index in [1.807, 2.05) is 12.3 Å². The van der Waals surface area contributed by atoms with Gasteiger partial charge in [-0.3, -0.25) is 15.0 Å². The lowest BCUT2D eigenvalue weighted by Gasteiger charge is -2.11. The summed E-state index contributed by atoms with van der Waals surface area (Å²) in [7, 11) is 0.